The third-order valence-electron chi connectivity index (χ3n) is 4.18. The monoisotopic (exact) mass is 357 g/mol. The van der Waals surface area contributed by atoms with Crippen LogP contribution in [0.4, 0.5) is 23.1 Å². The van der Waals surface area contributed by atoms with Crippen molar-refractivity contribution in [1.29, 1.82) is 0 Å². The van der Waals surface area contributed by atoms with Crippen LogP contribution in [0.25, 0.3) is 0 Å². The van der Waals surface area contributed by atoms with Gasteiger partial charge in [-0.15, -0.1) is 0 Å². The van der Waals surface area contributed by atoms with Gasteiger partial charge in [0.05, 0.1) is 24.6 Å². The molecule has 140 valence electrons. The molecule has 0 saturated carbocycles. The summed E-state index contributed by atoms with van der Waals surface area (Å²) in [5.41, 5.74) is 3.13. The SMILES string of the molecule is COCCCNc1nc(C)cc(Nc2ccccc2N2CCOCC2)n1. The molecule has 1 fully saturated rings. The van der Waals surface area contributed by atoms with E-state index in [2.05, 4.69) is 43.7 Å². The topological polar surface area (TPSA) is 71.5 Å². The molecule has 0 amide bonds. The van der Waals surface area contributed by atoms with Crippen LogP contribution in [0.3, 0.4) is 0 Å². The molecule has 0 unspecified atom stereocenters. The van der Waals surface area contributed by atoms with Crippen molar-refractivity contribution in [1.82, 2.24) is 9.97 Å². The van der Waals surface area contributed by atoms with Crippen LogP contribution in [0.1, 0.15) is 12.1 Å². The van der Waals surface area contributed by atoms with E-state index >= 15 is 0 Å². The molecule has 2 aromatic rings. The second kappa shape index (κ2) is 9.35. The van der Waals surface area contributed by atoms with Crippen LogP contribution >= 0.6 is 0 Å². The molecular weight excluding hydrogens is 330 g/mol. The summed E-state index contributed by atoms with van der Waals surface area (Å²) in [5.74, 6) is 1.42. The molecule has 0 atom stereocenters. The molecule has 0 spiro atoms. The molecule has 1 saturated heterocycles. The van der Waals surface area contributed by atoms with Gasteiger partial charge in [-0.3, -0.25) is 0 Å². The van der Waals surface area contributed by atoms with E-state index < -0.39 is 0 Å². The first kappa shape index (κ1) is 18.4. The van der Waals surface area contributed by atoms with E-state index in [1.807, 2.05) is 19.1 Å². The van der Waals surface area contributed by atoms with E-state index in [0.717, 1.165) is 63.1 Å². The fraction of sp³-hybridized carbons (Fsp3) is 0.474. The summed E-state index contributed by atoms with van der Waals surface area (Å²) in [6, 6.07) is 10.3. The summed E-state index contributed by atoms with van der Waals surface area (Å²) in [7, 11) is 1.71. The zero-order valence-corrected chi connectivity index (χ0v) is 15.5. The van der Waals surface area contributed by atoms with Crippen molar-refractivity contribution in [3.8, 4) is 0 Å². The predicted molar refractivity (Wildman–Crippen MR) is 105 cm³/mol. The second-order valence-electron chi connectivity index (χ2n) is 6.23. The lowest BCUT2D eigenvalue weighted by molar-refractivity contribution is 0.123. The largest absolute Gasteiger partial charge is 0.385 e. The Bertz CT molecular complexity index is 704. The van der Waals surface area contributed by atoms with Gasteiger partial charge in [0.2, 0.25) is 5.95 Å². The minimum atomic E-state index is 0.632. The van der Waals surface area contributed by atoms with E-state index in [1.54, 1.807) is 7.11 Å². The lowest BCUT2D eigenvalue weighted by Gasteiger charge is -2.30. The van der Waals surface area contributed by atoms with Gasteiger partial charge >= 0.3 is 0 Å². The average molecular weight is 357 g/mol. The van der Waals surface area contributed by atoms with Crippen molar-refractivity contribution in [3.05, 3.63) is 36.0 Å². The van der Waals surface area contributed by atoms with Crippen molar-refractivity contribution in [2.45, 2.75) is 13.3 Å². The molecule has 0 radical (unpaired) electrons. The Morgan fingerprint density at radius 3 is 2.81 bits per heavy atom. The third kappa shape index (κ3) is 5.06. The Morgan fingerprint density at radius 2 is 2.00 bits per heavy atom. The van der Waals surface area contributed by atoms with E-state index in [9.17, 15) is 0 Å². The van der Waals surface area contributed by atoms with Crippen LogP contribution in [0.5, 0.6) is 0 Å². The van der Waals surface area contributed by atoms with Gasteiger partial charge in [-0.25, -0.2) is 4.98 Å². The second-order valence-corrected chi connectivity index (χ2v) is 6.23. The molecule has 2 heterocycles. The summed E-state index contributed by atoms with van der Waals surface area (Å²) in [4.78, 5) is 11.4. The number of aryl methyl sites for hydroxylation is 1. The maximum atomic E-state index is 5.47. The van der Waals surface area contributed by atoms with Crippen molar-refractivity contribution >= 4 is 23.1 Å². The highest BCUT2D eigenvalue weighted by molar-refractivity contribution is 5.74. The highest BCUT2D eigenvalue weighted by Gasteiger charge is 2.15. The fourth-order valence-electron chi connectivity index (χ4n) is 2.93. The average Bonchev–Trinajstić information content (AvgIpc) is 2.66. The summed E-state index contributed by atoms with van der Waals surface area (Å²) in [5, 5.41) is 6.71. The van der Waals surface area contributed by atoms with Gasteiger partial charge in [-0.05, 0) is 25.5 Å². The number of benzene rings is 1. The number of aromatic nitrogens is 2. The number of hydrogen-bond donors (Lipinski definition) is 2. The van der Waals surface area contributed by atoms with E-state index in [0.29, 0.717) is 5.95 Å². The van der Waals surface area contributed by atoms with Crippen LogP contribution in [0.15, 0.2) is 30.3 Å². The standard InChI is InChI=1S/C19H27N5O2/c1-15-14-18(23-19(21-15)20-8-5-11-25-2)22-16-6-3-4-7-17(16)24-9-12-26-13-10-24/h3-4,6-7,14H,5,8-13H2,1-2H3,(H2,20,21,22,23). The Balaban J connectivity index is 1.73. The number of rotatable bonds is 8. The van der Waals surface area contributed by atoms with Gasteiger partial charge in [-0.1, -0.05) is 12.1 Å². The quantitative estimate of drug-likeness (QED) is 0.704. The maximum Gasteiger partial charge on any atom is 0.224 e. The molecular formula is C19H27N5O2. The van der Waals surface area contributed by atoms with Crippen molar-refractivity contribution in [2.24, 2.45) is 0 Å². The summed E-state index contributed by atoms with van der Waals surface area (Å²) in [6.45, 7) is 6.79. The number of ether oxygens (including phenoxy) is 2. The molecule has 0 aliphatic carbocycles. The van der Waals surface area contributed by atoms with Crippen LogP contribution in [0, 0.1) is 6.92 Å². The molecule has 2 N–H and O–H groups in total. The van der Waals surface area contributed by atoms with E-state index in [1.165, 1.54) is 5.69 Å². The summed E-state index contributed by atoms with van der Waals surface area (Å²) in [6.07, 6.45) is 0.913. The zero-order valence-electron chi connectivity index (χ0n) is 15.5. The molecule has 1 aromatic heterocycles. The molecule has 1 aliphatic heterocycles. The highest BCUT2D eigenvalue weighted by Crippen LogP contribution is 2.29. The fourth-order valence-corrected chi connectivity index (χ4v) is 2.93. The lowest BCUT2D eigenvalue weighted by atomic mass is 10.2. The number of hydrogen-bond acceptors (Lipinski definition) is 7. The number of anilines is 4. The van der Waals surface area contributed by atoms with Crippen molar-refractivity contribution in [2.75, 3.05) is 62.1 Å². The van der Waals surface area contributed by atoms with Crippen LogP contribution in [0.2, 0.25) is 0 Å². The third-order valence-corrected chi connectivity index (χ3v) is 4.18. The molecule has 0 bridgehead atoms. The first-order valence-corrected chi connectivity index (χ1v) is 9.03. The number of methoxy groups -OCH3 is 1. The van der Waals surface area contributed by atoms with Crippen LogP contribution < -0.4 is 15.5 Å². The number of nitrogens with one attached hydrogen (secondary N) is 2. The van der Waals surface area contributed by atoms with Gasteiger partial charge in [0.25, 0.3) is 0 Å². The molecule has 1 aromatic carbocycles. The number of morpholine rings is 1. The Kier molecular flexibility index (Phi) is 6.62. The number of para-hydroxylation sites is 2. The van der Waals surface area contributed by atoms with Gasteiger partial charge < -0.3 is 25.0 Å². The van der Waals surface area contributed by atoms with Crippen molar-refractivity contribution < 1.29 is 9.47 Å². The van der Waals surface area contributed by atoms with Crippen molar-refractivity contribution in [3.63, 3.8) is 0 Å². The minimum absolute atomic E-state index is 0.632. The first-order valence-electron chi connectivity index (χ1n) is 9.03. The summed E-state index contributed by atoms with van der Waals surface area (Å²) < 4.78 is 10.5. The molecule has 7 nitrogen and oxygen atoms in total. The van der Waals surface area contributed by atoms with E-state index in [4.69, 9.17) is 9.47 Å². The zero-order chi connectivity index (χ0) is 18.2. The van der Waals surface area contributed by atoms with Crippen LogP contribution in [-0.4, -0.2) is 56.5 Å². The lowest BCUT2D eigenvalue weighted by Crippen LogP contribution is -2.36. The molecule has 26 heavy (non-hydrogen) atoms. The van der Waals surface area contributed by atoms with Gasteiger partial charge in [0.1, 0.15) is 5.82 Å². The van der Waals surface area contributed by atoms with E-state index in [-0.39, 0.29) is 0 Å². The smallest absolute Gasteiger partial charge is 0.224 e. The Labute approximate surface area is 154 Å². The normalized spacial score (nSPS) is 14.3. The molecule has 7 heteroatoms. The maximum absolute atomic E-state index is 5.47. The Hall–Kier alpha value is -2.38. The van der Waals surface area contributed by atoms with Gasteiger partial charge in [0, 0.05) is 45.1 Å². The molecule has 1 aliphatic rings. The Morgan fingerprint density at radius 1 is 1.19 bits per heavy atom. The first-order chi connectivity index (χ1) is 12.8. The predicted octanol–water partition coefficient (Wildman–Crippen LogP) is 2.81. The number of nitrogens with zero attached hydrogens (tertiary/aromatic N) is 3. The van der Waals surface area contributed by atoms with Gasteiger partial charge in [0.15, 0.2) is 0 Å². The summed E-state index contributed by atoms with van der Waals surface area (Å²) >= 11 is 0. The highest BCUT2D eigenvalue weighted by atomic mass is 16.5. The minimum Gasteiger partial charge on any atom is -0.385 e. The van der Waals surface area contributed by atoms with Gasteiger partial charge in [-0.2, -0.15) is 4.98 Å². The van der Waals surface area contributed by atoms with Crippen LogP contribution in [-0.2, 0) is 9.47 Å². The molecule has 3 rings (SSSR count).